The first kappa shape index (κ1) is 40.3. The van der Waals surface area contributed by atoms with Crippen molar-refractivity contribution in [2.45, 2.75) is 118 Å². The van der Waals surface area contributed by atoms with E-state index in [1.807, 2.05) is 111 Å². The first-order valence-corrected chi connectivity index (χ1v) is 19.1. The molecule has 0 aliphatic carbocycles. The summed E-state index contributed by atoms with van der Waals surface area (Å²) in [6.45, 7) is 10.0. The lowest BCUT2D eigenvalue weighted by Crippen LogP contribution is -2.02. The summed E-state index contributed by atoms with van der Waals surface area (Å²) in [6.07, 6.45) is 17.9. The molecule has 4 aromatic carbocycles. The fourth-order valence-electron chi connectivity index (χ4n) is 5.65. The highest BCUT2D eigenvalue weighted by Crippen LogP contribution is 2.18. The Hall–Kier alpha value is -4.18. The Morgan fingerprint density at radius 2 is 0.640 bits per heavy atom. The Balaban J connectivity index is 0.000000271. The van der Waals surface area contributed by atoms with Crippen molar-refractivity contribution < 1.29 is 19.1 Å². The molecular weight excluding hydrogens is 617 g/mol. The molecule has 0 atom stereocenters. The number of hydrogen-bond acceptors (Lipinski definition) is 4. The molecule has 0 bridgehead atoms. The van der Waals surface area contributed by atoms with Gasteiger partial charge in [0.15, 0.2) is 11.6 Å². The summed E-state index contributed by atoms with van der Waals surface area (Å²) < 4.78 is 11.6. The van der Waals surface area contributed by atoms with E-state index in [4.69, 9.17) is 9.47 Å². The molecule has 0 amide bonds. The van der Waals surface area contributed by atoms with E-state index in [0.717, 1.165) is 59.8 Å². The van der Waals surface area contributed by atoms with E-state index in [1.54, 1.807) is 0 Å². The summed E-state index contributed by atoms with van der Waals surface area (Å²) in [5, 5.41) is 0. The van der Waals surface area contributed by atoms with E-state index in [-0.39, 0.29) is 11.6 Å². The molecule has 0 saturated heterocycles. The zero-order valence-corrected chi connectivity index (χ0v) is 31.2. The number of rotatable bonds is 22. The molecule has 0 unspecified atom stereocenters. The fraction of sp³-hybridized carbons (Fsp3) is 0.435. The number of carbonyl (C=O) groups is 2. The van der Waals surface area contributed by atoms with Crippen molar-refractivity contribution in [2.24, 2.45) is 0 Å². The minimum absolute atomic E-state index is 0.0532. The average Bonchev–Trinajstić information content (AvgIpc) is 3.14. The van der Waals surface area contributed by atoms with Crippen LogP contribution in [0.3, 0.4) is 0 Å². The third-order valence-electron chi connectivity index (χ3n) is 8.89. The van der Waals surface area contributed by atoms with Gasteiger partial charge in [0.05, 0.1) is 13.2 Å². The van der Waals surface area contributed by atoms with E-state index in [1.165, 1.54) is 77.0 Å². The molecule has 0 heterocycles. The van der Waals surface area contributed by atoms with Gasteiger partial charge < -0.3 is 9.47 Å². The summed E-state index contributed by atoms with van der Waals surface area (Å²) in [6, 6.07) is 30.3. The number of hydrogen-bond donors (Lipinski definition) is 0. The van der Waals surface area contributed by atoms with Gasteiger partial charge in [-0.2, -0.15) is 0 Å². The highest BCUT2D eigenvalue weighted by atomic mass is 16.5. The van der Waals surface area contributed by atoms with Crippen molar-refractivity contribution >= 4 is 11.6 Å². The molecule has 0 aromatic heterocycles. The van der Waals surface area contributed by atoms with E-state index in [9.17, 15) is 9.59 Å². The molecule has 4 nitrogen and oxygen atoms in total. The second-order valence-corrected chi connectivity index (χ2v) is 13.4. The smallest absolute Gasteiger partial charge is 0.193 e. The van der Waals surface area contributed by atoms with Crippen LogP contribution in [0.15, 0.2) is 97.1 Å². The van der Waals surface area contributed by atoms with Crippen LogP contribution in [0.4, 0.5) is 0 Å². The highest BCUT2D eigenvalue weighted by Gasteiger charge is 2.10. The maximum absolute atomic E-state index is 12.5. The molecular formula is C46H60O4. The van der Waals surface area contributed by atoms with Gasteiger partial charge in [-0.3, -0.25) is 9.59 Å². The Kier molecular flexibility index (Phi) is 19.4. The Morgan fingerprint density at radius 1 is 0.380 bits per heavy atom. The van der Waals surface area contributed by atoms with Crippen LogP contribution in [0.1, 0.15) is 147 Å². The number of ether oxygens (including phenoxy) is 2. The Bertz CT molecular complexity index is 1490. The number of aryl methyl sites for hydroxylation is 2. The van der Waals surface area contributed by atoms with Crippen LogP contribution >= 0.6 is 0 Å². The maximum Gasteiger partial charge on any atom is 0.193 e. The van der Waals surface area contributed by atoms with E-state index in [0.29, 0.717) is 11.1 Å². The van der Waals surface area contributed by atoms with Gasteiger partial charge in [0.25, 0.3) is 0 Å². The van der Waals surface area contributed by atoms with Gasteiger partial charge in [0.1, 0.15) is 11.5 Å². The predicted octanol–water partition coefficient (Wildman–Crippen LogP) is 12.7. The summed E-state index contributed by atoms with van der Waals surface area (Å²) in [4.78, 5) is 24.9. The van der Waals surface area contributed by atoms with Gasteiger partial charge in [0.2, 0.25) is 0 Å². The zero-order valence-electron chi connectivity index (χ0n) is 31.2. The highest BCUT2D eigenvalue weighted by molar-refractivity contribution is 6.09. The van der Waals surface area contributed by atoms with Crippen LogP contribution in [0.2, 0.25) is 0 Å². The molecule has 4 heteroatoms. The molecule has 0 radical (unpaired) electrons. The van der Waals surface area contributed by atoms with E-state index in [2.05, 4.69) is 13.8 Å². The number of benzene rings is 4. The second kappa shape index (κ2) is 24.1. The van der Waals surface area contributed by atoms with Gasteiger partial charge in [-0.1, -0.05) is 151 Å². The van der Waals surface area contributed by atoms with Gasteiger partial charge in [0, 0.05) is 22.3 Å². The van der Waals surface area contributed by atoms with Crippen LogP contribution in [-0.4, -0.2) is 24.8 Å². The third kappa shape index (κ3) is 15.6. The van der Waals surface area contributed by atoms with Crippen molar-refractivity contribution in [3.05, 3.63) is 130 Å². The van der Waals surface area contributed by atoms with Crippen molar-refractivity contribution in [3.8, 4) is 11.5 Å². The zero-order chi connectivity index (χ0) is 35.8. The van der Waals surface area contributed by atoms with Crippen molar-refractivity contribution in [3.63, 3.8) is 0 Å². The number of carbonyl (C=O) groups excluding carboxylic acids is 2. The topological polar surface area (TPSA) is 52.6 Å². The lowest BCUT2D eigenvalue weighted by atomic mass is 10.0. The molecule has 50 heavy (non-hydrogen) atoms. The van der Waals surface area contributed by atoms with Gasteiger partial charge in [-0.15, -0.1) is 0 Å². The van der Waals surface area contributed by atoms with Crippen molar-refractivity contribution in [2.75, 3.05) is 13.2 Å². The number of ketones is 2. The summed E-state index contributed by atoms with van der Waals surface area (Å²) in [7, 11) is 0. The molecule has 0 spiro atoms. The van der Waals surface area contributed by atoms with Gasteiger partial charge in [-0.05, 0) is 75.2 Å². The normalized spacial score (nSPS) is 10.6. The molecule has 268 valence electrons. The lowest BCUT2D eigenvalue weighted by Gasteiger charge is -2.07. The molecule has 4 rings (SSSR count). The first-order valence-electron chi connectivity index (χ1n) is 19.1. The predicted molar refractivity (Wildman–Crippen MR) is 209 cm³/mol. The molecule has 0 saturated carbocycles. The number of unbranched alkanes of at least 4 members (excludes halogenated alkanes) is 12. The Morgan fingerprint density at radius 3 is 0.940 bits per heavy atom. The maximum atomic E-state index is 12.5. The quantitative estimate of drug-likeness (QED) is 0.0614. The molecule has 0 N–H and O–H groups in total. The largest absolute Gasteiger partial charge is 0.494 e. The summed E-state index contributed by atoms with van der Waals surface area (Å²) in [5.41, 5.74) is 5.17. The van der Waals surface area contributed by atoms with Crippen LogP contribution in [0, 0.1) is 13.8 Å². The van der Waals surface area contributed by atoms with Crippen LogP contribution in [-0.2, 0) is 0 Å². The summed E-state index contributed by atoms with van der Waals surface area (Å²) >= 11 is 0. The first-order chi connectivity index (χ1) is 24.4. The fourth-order valence-corrected chi connectivity index (χ4v) is 5.65. The van der Waals surface area contributed by atoms with Crippen LogP contribution in [0.5, 0.6) is 11.5 Å². The van der Waals surface area contributed by atoms with E-state index >= 15 is 0 Å². The van der Waals surface area contributed by atoms with Crippen molar-refractivity contribution in [1.29, 1.82) is 0 Å². The minimum atomic E-state index is 0.0532. The van der Waals surface area contributed by atoms with Gasteiger partial charge in [-0.25, -0.2) is 0 Å². The molecule has 4 aromatic rings. The van der Waals surface area contributed by atoms with Crippen LogP contribution in [0.25, 0.3) is 0 Å². The Labute approximate surface area is 302 Å². The lowest BCUT2D eigenvalue weighted by molar-refractivity contribution is 0.103. The standard InChI is InChI=1S/C24H32O2.C22H28O2/c1-3-4-5-6-7-8-9-10-19-26-23-17-15-22(16-18-23)24(25)21-13-11-20(2)12-14-21;1-3-4-5-6-7-8-17-24-21-15-13-20(14-16-21)22(23)19-11-9-18(2)10-12-19/h11-18H,3-10,19H2,1-2H3;9-16H,3-8,17H2,1-2H3. The SMILES string of the molecule is CCCCCCCCCCOc1ccc(C(=O)c2ccc(C)cc2)cc1.CCCCCCCCOc1ccc(C(=O)c2ccc(C)cc2)cc1. The van der Waals surface area contributed by atoms with Crippen molar-refractivity contribution in [1.82, 2.24) is 0 Å². The average molecular weight is 677 g/mol. The third-order valence-corrected chi connectivity index (χ3v) is 8.89. The monoisotopic (exact) mass is 676 g/mol. The minimum Gasteiger partial charge on any atom is -0.494 e. The molecule has 0 fully saturated rings. The van der Waals surface area contributed by atoms with E-state index < -0.39 is 0 Å². The van der Waals surface area contributed by atoms with Crippen LogP contribution < -0.4 is 9.47 Å². The van der Waals surface area contributed by atoms with Gasteiger partial charge >= 0.3 is 0 Å². The molecule has 0 aliphatic heterocycles. The second-order valence-electron chi connectivity index (χ2n) is 13.4. The molecule has 0 aliphatic rings. The summed E-state index contributed by atoms with van der Waals surface area (Å²) in [5.74, 6) is 1.79.